The highest BCUT2D eigenvalue weighted by molar-refractivity contribution is 5.75. The van der Waals surface area contributed by atoms with Crippen molar-refractivity contribution in [1.29, 1.82) is 0 Å². The fourth-order valence-electron chi connectivity index (χ4n) is 3.64. The van der Waals surface area contributed by atoms with Gasteiger partial charge in [0.25, 0.3) is 0 Å². The number of amides is 1. The van der Waals surface area contributed by atoms with Gasteiger partial charge in [-0.3, -0.25) is 0 Å². The lowest BCUT2D eigenvalue weighted by Crippen LogP contribution is -2.63. The van der Waals surface area contributed by atoms with E-state index in [0.29, 0.717) is 19.0 Å². The monoisotopic (exact) mass is 295 g/mol. The van der Waals surface area contributed by atoms with Gasteiger partial charge in [0.2, 0.25) is 0 Å². The Hall–Kier alpha value is -2.43. The van der Waals surface area contributed by atoms with E-state index in [1.54, 1.807) is 6.20 Å². The van der Waals surface area contributed by atoms with Crippen molar-refractivity contribution in [3.05, 3.63) is 42.2 Å². The quantitative estimate of drug-likeness (QED) is 0.924. The average Bonchev–Trinajstić information content (AvgIpc) is 2.43. The first kappa shape index (κ1) is 13.2. The predicted octanol–water partition coefficient (Wildman–Crippen LogP) is 3.03. The van der Waals surface area contributed by atoms with Crippen molar-refractivity contribution < 1.29 is 9.90 Å². The molecule has 1 aliphatic heterocycles. The van der Waals surface area contributed by atoms with Gasteiger partial charge in [0.05, 0.1) is 5.69 Å². The highest BCUT2D eigenvalue weighted by Crippen LogP contribution is 2.52. The Kier molecular flexibility index (Phi) is 2.89. The molecule has 0 aromatic carbocycles. The predicted molar refractivity (Wildman–Crippen MR) is 83.3 cm³/mol. The van der Waals surface area contributed by atoms with Crippen molar-refractivity contribution in [2.75, 3.05) is 13.1 Å². The Bertz CT molecular complexity index is 757. The molecule has 1 amide bonds. The molecule has 0 radical (unpaired) electrons. The highest BCUT2D eigenvalue weighted by atomic mass is 16.4. The second-order valence-corrected chi connectivity index (χ2v) is 6.45. The number of nitrogens with zero attached hydrogens (tertiary/aromatic N) is 3. The lowest BCUT2D eigenvalue weighted by molar-refractivity contribution is -0.0667. The Morgan fingerprint density at radius 2 is 2.14 bits per heavy atom. The number of carbonyl (C=O) groups is 1. The molecule has 2 aliphatic rings. The summed E-state index contributed by atoms with van der Waals surface area (Å²) >= 11 is 0. The van der Waals surface area contributed by atoms with Crippen LogP contribution in [0, 0.1) is 11.3 Å². The van der Waals surface area contributed by atoms with Crippen LogP contribution in [0.25, 0.3) is 17.1 Å². The number of hydrogen-bond acceptors (Lipinski definition) is 3. The fourth-order valence-corrected chi connectivity index (χ4v) is 3.64. The van der Waals surface area contributed by atoms with Crippen LogP contribution in [0.5, 0.6) is 0 Å². The zero-order valence-corrected chi connectivity index (χ0v) is 12.1. The van der Waals surface area contributed by atoms with Crippen LogP contribution < -0.4 is 0 Å². The van der Waals surface area contributed by atoms with Crippen molar-refractivity contribution in [3.8, 4) is 0 Å². The standard InChI is InChI=1S/C17H17N3O2/c21-16(22)20-10-17(11-20)8-12(9-17)3-5-14-6-4-13-2-1-7-18-15(13)19-14/h1-7,12H,8-11H2,(H,21,22). The van der Waals surface area contributed by atoms with E-state index in [1.807, 2.05) is 24.3 Å². The minimum Gasteiger partial charge on any atom is -0.465 e. The molecule has 1 aliphatic carbocycles. The number of pyridine rings is 2. The SMILES string of the molecule is O=C(O)N1CC2(CC(C=Cc3ccc4cccnc4n3)C2)C1. The molecule has 1 saturated carbocycles. The maximum absolute atomic E-state index is 10.8. The van der Waals surface area contributed by atoms with Crippen molar-refractivity contribution in [2.24, 2.45) is 11.3 Å². The minimum absolute atomic E-state index is 0.256. The number of carboxylic acid groups (broad SMARTS) is 1. The Labute approximate surface area is 128 Å². The molecule has 2 fully saturated rings. The topological polar surface area (TPSA) is 66.3 Å². The third-order valence-corrected chi connectivity index (χ3v) is 4.74. The van der Waals surface area contributed by atoms with Gasteiger partial charge in [-0.05, 0) is 49.1 Å². The van der Waals surface area contributed by atoms with Crippen LogP contribution in [0.1, 0.15) is 18.5 Å². The lowest BCUT2D eigenvalue weighted by Gasteiger charge is -2.57. The lowest BCUT2D eigenvalue weighted by atomic mass is 9.58. The van der Waals surface area contributed by atoms with E-state index in [1.165, 1.54) is 4.90 Å². The summed E-state index contributed by atoms with van der Waals surface area (Å²) in [6, 6.07) is 7.95. The first-order valence-electron chi connectivity index (χ1n) is 7.51. The Balaban J connectivity index is 1.38. The Morgan fingerprint density at radius 1 is 1.32 bits per heavy atom. The molecule has 112 valence electrons. The summed E-state index contributed by atoms with van der Waals surface area (Å²) in [7, 11) is 0. The molecule has 0 unspecified atom stereocenters. The highest BCUT2D eigenvalue weighted by Gasteiger charge is 2.52. The van der Waals surface area contributed by atoms with E-state index in [2.05, 4.69) is 22.1 Å². The summed E-state index contributed by atoms with van der Waals surface area (Å²) in [4.78, 5) is 21.1. The fraction of sp³-hybridized carbons (Fsp3) is 0.353. The van der Waals surface area contributed by atoms with E-state index in [0.717, 1.165) is 29.6 Å². The van der Waals surface area contributed by atoms with Gasteiger partial charge in [0.1, 0.15) is 0 Å². The van der Waals surface area contributed by atoms with Crippen LogP contribution in [0.3, 0.4) is 0 Å². The number of likely N-dealkylation sites (tertiary alicyclic amines) is 1. The second kappa shape index (κ2) is 4.80. The molecule has 5 nitrogen and oxygen atoms in total. The van der Waals surface area contributed by atoms with E-state index in [-0.39, 0.29) is 5.41 Å². The largest absolute Gasteiger partial charge is 0.465 e. The molecular formula is C17H17N3O2. The molecule has 0 atom stereocenters. The second-order valence-electron chi connectivity index (χ2n) is 6.45. The number of aromatic nitrogens is 2. The molecule has 1 spiro atoms. The van der Waals surface area contributed by atoms with Crippen LogP contribution in [-0.4, -0.2) is 39.2 Å². The molecule has 5 heteroatoms. The first-order valence-corrected chi connectivity index (χ1v) is 7.51. The van der Waals surface area contributed by atoms with Gasteiger partial charge in [-0.2, -0.15) is 0 Å². The molecule has 2 aromatic heterocycles. The van der Waals surface area contributed by atoms with E-state index in [9.17, 15) is 4.79 Å². The van der Waals surface area contributed by atoms with Gasteiger partial charge in [0, 0.05) is 30.1 Å². The summed E-state index contributed by atoms with van der Waals surface area (Å²) in [5.74, 6) is 0.539. The summed E-state index contributed by atoms with van der Waals surface area (Å²) in [6.45, 7) is 1.40. The molecular weight excluding hydrogens is 278 g/mol. The minimum atomic E-state index is -0.794. The zero-order chi connectivity index (χ0) is 15.2. The summed E-state index contributed by atoms with van der Waals surface area (Å²) in [5, 5.41) is 9.93. The maximum atomic E-state index is 10.8. The van der Waals surface area contributed by atoms with Gasteiger partial charge in [-0.1, -0.05) is 6.08 Å². The molecule has 4 rings (SSSR count). The summed E-state index contributed by atoms with van der Waals surface area (Å²) < 4.78 is 0. The van der Waals surface area contributed by atoms with Gasteiger partial charge in [0.15, 0.2) is 5.65 Å². The molecule has 1 saturated heterocycles. The first-order chi connectivity index (χ1) is 10.6. The average molecular weight is 295 g/mol. The number of fused-ring (bicyclic) bond motifs is 1. The van der Waals surface area contributed by atoms with E-state index >= 15 is 0 Å². The van der Waals surface area contributed by atoms with Gasteiger partial charge < -0.3 is 10.0 Å². The van der Waals surface area contributed by atoms with E-state index in [4.69, 9.17) is 5.11 Å². The normalized spacial score (nSPS) is 20.3. The summed E-state index contributed by atoms with van der Waals surface area (Å²) in [5.41, 5.74) is 1.95. The number of rotatable bonds is 2. The van der Waals surface area contributed by atoms with Crippen molar-refractivity contribution >= 4 is 23.2 Å². The molecule has 1 N–H and O–H groups in total. The van der Waals surface area contributed by atoms with Crippen LogP contribution in [0.2, 0.25) is 0 Å². The van der Waals surface area contributed by atoms with E-state index < -0.39 is 6.09 Å². The smallest absolute Gasteiger partial charge is 0.407 e. The van der Waals surface area contributed by atoms with Crippen LogP contribution in [-0.2, 0) is 0 Å². The van der Waals surface area contributed by atoms with Gasteiger partial charge in [-0.15, -0.1) is 0 Å². The molecule has 22 heavy (non-hydrogen) atoms. The Morgan fingerprint density at radius 3 is 2.91 bits per heavy atom. The number of hydrogen-bond donors (Lipinski definition) is 1. The number of allylic oxidation sites excluding steroid dienone is 1. The van der Waals surface area contributed by atoms with Crippen LogP contribution >= 0.6 is 0 Å². The van der Waals surface area contributed by atoms with Crippen molar-refractivity contribution in [1.82, 2.24) is 14.9 Å². The molecule has 3 heterocycles. The third kappa shape index (κ3) is 2.22. The van der Waals surface area contributed by atoms with Crippen molar-refractivity contribution in [3.63, 3.8) is 0 Å². The van der Waals surface area contributed by atoms with Crippen molar-refractivity contribution in [2.45, 2.75) is 12.8 Å². The van der Waals surface area contributed by atoms with Crippen LogP contribution in [0.15, 0.2) is 36.5 Å². The van der Waals surface area contributed by atoms with Gasteiger partial charge in [-0.25, -0.2) is 14.8 Å². The molecule has 2 aromatic rings. The van der Waals surface area contributed by atoms with Gasteiger partial charge >= 0.3 is 6.09 Å². The third-order valence-electron chi connectivity index (χ3n) is 4.74. The molecule has 0 bridgehead atoms. The van der Waals surface area contributed by atoms with Crippen LogP contribution in [0.4, 0.5) is 4.79 Å². The zero-order valence-electron chi connectivity index (χ0n) is 12.1. The summed E-state index contributed by atoms with van der Waals surface area (Å²) in [6.07, 6.45) is 7.38. The maximum Gasteiger partial charge on any atom is 0.407 e.